The van der Waals surface area contributed by atoms with Crippen molar-refractivity contribution < 1.29 is 14.3 Å². The normalized spacial score (nSPS) is 20.1. The molecule has 1 aliphatic carbocycles. The average Bonchev–Trinajstić information content (AvgIpc) is 3.64. The first-order valence-corrected chi connectivity index (χ1v) is 10.8. The highest BCUT2D eigenvalue weighted by Gasteiger charge is 2.43. The van der Waals surface area contributed by atoms with Crippen LogP contribution in [0.4, 0.5) is 0 Å². The van der Waals surface area contributed by atoms with Gasteiger partial charge >= 0.3 is 0 Å². The first-order valence-electron chi connectivity index (χ1n) is 10.8. The van der Waals surface area contributed by atoms with Crippen LogP contribution in [0.2, 0.25) is 0 Å². The third-order valence-electron chi connectivity index (χ3n) is 6.55. The molecule has 3 heterocycles. The van der Waals surface area contributed by atoms with Crippen LogP contribution in [0.3, 0.4) is 0 Å². The predicted molar refractivity (Wildman–Crippen MR) is 114 cm³/mol. The number of likely N-dealkylation sites (tertiary alicyclic amines) is 1. The van der Waals surface area contributed by atoms with E-state index in [1.54, 1.807) is 0 Å². The third kappa shape index (κ3) is 3.14. The Hall–Kier alpha value is -2.92. The van der Waals surface area contributed by atoms with Gasteiger partial charge in [0, 0.05) is 49.0 Å². The Kier molecular flexibility index (Phi) is 4.06. The van der Waals surface area contributed by atoms with Gasteiger partial charge in [0.1, 0.15) is 5.75 Å². The summed E-state index contributed by atoms with van der Waals surface area (Å²) >= 11 is 0. The fraction of sp³-hybridized carbons (Fsp3) is 0.360. The van der Waals surface area contributed by atoms with E-state index in [0.29, 0.717) is 25.6 Å². The summed E-state index contributed by atoms with van der Waals surface area (Å²) in [7, 11) is 0. The first-order chi connectivity index (χ1) is 14.7. The molecule has 5 nitrogen and oxygen atoms in total. The number of rotatable bonds is 2. The Bertz CT molecular complexity index is 1130. The Morgan fingerprint density at radius 1 is 1.03 bits per heavy atom. The van der Waals surface area contributed by atoms with Gasteiger partial charge < -0.3 is 14.4 Å². The van der Waals surface area contributed by atoms with Crippen molar-refractivity contribution in [3.8, 4) is 16.9 Å². The molecule has 0 bridgehead atoms. The minimum Gasteiger partial charge on any atom is -0.462 e. The zero-order valence-corrected chi connectivity index (χ0v) is 16.8. The van der Waals surface area contributed by atoms with E-state index >= 15 is 0 Å². The Morgan fingerprint density at radius 2 is 1.83 bits per heavy atom. The van der Waals surface area contributed by atoms with Crippen molar-refractivity contribution >= 4 is 16.8 Å². The van der Waals surface area contributed by atoms with Gasteiger partial charge in [-0.1, -0.05) is 24.3 Å². The lowest BCUT2D eigenvalue weighted by Gasteiger charge is -2.44. The molecule has 3 aliphatic rings. The quantitative estimate of drug-likeness (QED) is 0.634. The molecule has 1 spiro atoms. The molecule has 0 atom stereocenters. The van der Waals surface area contributed by atoms with Gasteiger partial charge in [0.15, 0.2) is 0 Å². The van der Waals surface area contributed by atoms with Crippen LogP contribution in [0, 0.1) is 5.92 Å². The van der Waals surface area contributed by atoms with Crippen LogP contribution >= 0.6 is 0 Å². The lowest BCUT2D eigenvalue weighted by molar-refractivity contribution is -0.227. The number of aromatic nitrogens is 1. The number of benzene rings is 2. The number of carbonyl (C=O) groups is 1. The number of carbonyl (C=O) groups excluding carboxylic acids is 1. The van der Waals surface area contributed by atoms with Crippen LogP contribution in [-0.4, -0.2) is 34.7 Å². The van der Waals surface area contributed by atoms with E-state index in [2.05, 4.69) is 47.4 Å². The van der Waals surface area contributed by atoms with Gasteiger partial charge in [0.25, 0.3) is 0 Å². The molecule has 152 valence electrons. The minimum atomic E-state index is -0.596. The van der Waals surface area contributed by atoms with Crippen molar-refractivity contribution in [1.82, 2.24) is 9.88 Å². The Labute approximate surface area is 175 Å². The molecule has 1 saturated carbocycles. The summed E-state index contributed by atoms with van der Waals surface area (Å²) in [6.45, 7) is 1.96. The van der Waals surface area contributed by atoms with Crippen LogP contribution in [0.5, 0.6) is 5.75 Å². The highest BCUT2D eigenvalue weighted by Crippen LogP contribution is 2.40. The van der Waals surface area contributed by atoms with Crippen molar-refractivity contribution in [3.05, 3.63) is 60.3 Å². The number of pyridine rings is 1. The maximum Gasteiger partial charge on any atom is 0.225 e. The van der Waals surface area contributed by atoms with E-state index < -0.39 is 5.79 Å². The average molecular weight is 400 g/mol. The first kappa shape index (κ1) is 17.9. The van der Waals surface area contributed by atoms with Crippen LogP contribution in [0.15, 0.2) is 54.7 Å². The van der Waals surface area contributed by atoms with Gasteiger partial charge in [-0.05, 0) is 48.2 Å². The monoisotopic (exact) mass is 400 g/mol. The summed E-state index contributed by atoms with van der Waals surface area (Å²) in [4.78, 5) is 18.8. The van der Waals surface area contributed by atoms with Gasteiger partial charge in [0.05, 0.1) is 12.1 Å². The molecule has 1 amide bonds. The van der Waals surface area contributed by atoms with Crippen molar-refractivity contribution in [2.75, 3.05) is 13.1 Å². The summed E-state index contributed by atoms with van der Waals surface area (Å²) in [6.07, 6.45) is 5.38. The molecular formula is C25H24N2O3. The number of nitrogens with zero attached hydrogens (tertiary/aromatic N) is 2. The number of amides is 1. The van der Waals surface area contributed by atoms with E-state index in [4.69, 9.17) is 9.47 Å². The molecule has 2 aliphatic heterocycles. The summed E-state index contributed by atoms with van der Waals surface area (Å²) in [5.41, 5.74) is 4.33. The number of hydrogen-bond donors (Lipinski definition) is 0. The molecule has 1 saturated heterocycles. The van der Waals surface area contributed by atoms with Gasteiger partial charge in [-0.3, -0.25) is 9.78 Å². The van der Waals surface area contributed by atoms with Crippen LogP contribution < -0.4 is 4.74 Å². The summed E-state index contributed by atoms with van der Waals surface area (Å²) in [5, 5.41) is 1.14. The Morgan fingerprint density at radius 3 is 2.67 bits per heavy atom. The zero-order valence-electron chi connectivity index (χ0n) is 16.8. The molecule has 6 rings (SSSR count). The predicted octanol–water partition coefficient (Wildman–Crippen LogP) is 4.54. The standard InChI is InChI=1S/C25H24N2O3/c28-24(18-4-5-18)27-12-9-25(10-13-27)29-16-21-14-19(7-8-23(21)30-25)20-6-3-17-2-1-11-26-22(17)15-20/h1-3,6-8,11,14-15,18H,4-5,9-10,12-13,16H2. The largest absolute Gasteiger partial charge is 0.462 e. The second-order valence-corrected chi connectivity index (χ2v) is 8.63. The van der Waals surface area contributed by atoms with E-state index in [1.807, 2.05) is 17.2 Å². The molecule has 3 aromatic rings. The van der Waals surface area contributed by atoms with Gasteiger partial charge in [-0.25, -0.2) is 0 Å². The fourth-order valence-electron chi connectivity index (χ4n) is 4.56. The summed E-state index contributed by atoms with van der Waals surface area (Å²) in [5.74, 6) is 0.889. The van der Waals surface area contributed by atoms with Crippen molar-refractivity contribution in [3.63, 3.8) is 0 Å². The molecule has 30 heavy (non-hydrogen) atoms. The van der Waals surface area contributed by atoms with Crippen LogP contribution in [0.1, 0.15) is 31.2 Å². The minimum absolute atomic E-state index is 0.275. The highest BCUT2D eigenvalue weighted by molar-refractivity contribution is 5.84. The molecule has 1 aromatic heterocycles. The fourth-order valence-corrected chi connectivity index (χ4v) is 4.56. The molecule has 0 unspecified atom stereocenters. The van der Waals surface area contributed by atoms with E-state index in [-0.39, 0.29) is 5.92 Å². The smallest absolute Gasteiger partial charge is 0.225 e. The molecule has 2 fully saturated rings. The van der Waals surface area contributed by atoms with Crippen molar-refractivity contribution in [2.45, 2.75) is 38.1 Å². The van der Waals surface area contributed by atoms with E-state index in [1.165, 1.54) is 0 Å². The maximum atomic E-state index is 12.3. The molecular weight excluding hydrogens is 376 g/mol. The zero-order chi connectivity index (χ0) is 20.1. The highest BCUT2D eigenvalue weighted by atomic mass is 16.7. The summed E-state index contributed by atoms with van der Waals surface area (Å²) in [6, 6.07) is 16.7. The van der Waals surface area contributed by atoms with Gasteiger partial charge in [-0.15, -0.1) is 0 Å². The van der Waals surface area contributed by atoms with Crippen molar-refractivity contribution in [1.29, 1.82) is 0 Å². The second-order valence-electron chi connectivity index (χ2n) is 8.63. The lowest BCUT2D eigenvalue weighted by atomic mass is 9.98. The summed E-state index contributed by atoms with van der Waals surface area (Å²) < 4.78 is 12.6. The topological polar surface area (TPSA) is 51.7 Å². The van der Waals surface area contributed by atoms with Crippen LogP contribution in [0.25, 0.3) is 22.0 Å². The maximum absolute atomic E-state index is 12.3. The SMILES string of the molecule is O=C(C1CC1)N1CCC2(CC1)OCc1cc(-c3ccc4cccnc4c3)ccc1O2. The van der Waals surface area contributed by atoms with Gasteiger partial charge in [-0.2, -0.15) is 0 Å². The number of fused-ring (bicyclic) bond motifs is 2. The van der Waals surface area contributed by atoms with Gasteiger partial charge in [0.2, 0.25) is 11.7 Å². The number of ether oxygens (including phenoxy) is 2. The Balaban J connectivity index is 1.21. The molecule has 0 radical (unpaired) electrons. The second kappa shape index (κ2) is 6.81. The van der Waals surface area contributed by atoms with E-state index in [9.17, 15) is 4.79 Å². The van der Waals surface area contributed by atoms with E-state index in [0.717, 1.165) is 59.0 Å². The molecule has 0 N–H and O–H groups in total. The van der Waals surface area contributed by atoms with Crippen LogP contribution in [-0.2, 0) is 16.1 Å². The lowest BCUT2D eigenvalue weighted by Crippen LogP contribution is -2.52. The molecule has 5 heteroatoms. The number of hydrogen-bond acceptors (Lipinski definition) is 4. The van der Waals surface area contributed by atoms with Crippen molar-refractivity contribution in [2.24, 2.45) is 5.92 Å². The molecule has 2 aromatic carbocycles. The third-order valence-corrected chi connectivity index (χ3v) is 6.55. The number of piperidine rings is 1.